The summed E-state index contributed by atoms with van der Waals surface area (Å²) in [6.45, 7) is 0. The summed E-state index contributed by atoms with van der Waals surface area (Å²) in [5.41, 5.74) is 0.872. The molecule has 1 nitrogen and oxygen atoms in total. The van der Waals surface area contributed by atoms with Crippen LogP contribution in [0.3, 0.4) is 0 Å². The molecule has 0 aliphatic heterocycles. The minimum Gasteiger partial charge on any atom is -0.298 e. The van der Waals surface area contributed by atoms with Crippen LogP contribution < -0.4 is 0 Å². The Morgan fingerprint density at radius 2 is 2.21 bits per heavy atom. The lowest BCUT2D eigenvalue weighted by Crippen LogP contribution is -1.86. The zero-order valence-electron chi connectivity index (χ0n) is 7.54. The molecule has 0 N–H and O–H groups in total. The summed E-state index contributed by atoms with van der Waals surface area (Å²) in [7, 11) is 0. The molecule has 1 aromatic carbocycles. The van der Waals surface area contributed by atoms with E-state index in [1.54, 1.807) is 18.2 Å². The van der Waals surface area contributed by atoms with E-state index in [1.807, 2.05) is 6.08 Å². The minimum absolute atomic E-state index is 0.361. The molecule has 0 amide bonds. The van der Waals surface area contributed by atoms with Crippen LogP contribution in [0.1, 0.15) is 22.3 Å². The second-order valence-electron chi connectivity index (χ2n) is 2.78. The first-order chi connectivity index (χ1) is 6.77. The number of rotatable bonds is 4. The van der Waals surface area contributed by atoms with Gasteiger partial charge in [0.1, 0.15) is 12.1 Å². The summed E-state index contributed by atoms with van der Waals surface area (Å²) >= 11 is 3.27. The quantitative estimate of drug-likeness (QED) is 0.596. The number of carbonyl (C=O) groups is 1. The molecule has 0 saturated heterocycles. The van der Waals surface area contributed by atoms with Crippen molar-refractivity contribution in [3.63, 3.8) is 0 Å². The maximum absolute atomic E-state index is 13.2. The van der Waals surface area contributed by atoms with Crippen LogP contribution in [0.25, 0.3) is 6.08 Å². The average Bonchev–Trinajstić information content (AvgIpc) is 2.20. The number of carbonyl (C=O) groups excluding carboxylic acids is 1. The van der Waals surface area contributed by atoms with Gasteiger partial charge in [0.05, 0.1) is 0 Å². The van der Waals surface area contributed by atoms with Gasteiger partial charge in [-0.1, -0.05) is 40.2 Å². The Bertz CT molecular complexity index is 347. The third-order valence-electron chi connectivity index (χ3n) is 1.73. The zero-order chi connectivity index (χ0) is 10.4. The van der Waals surface area contributed by atoms with E-state index in [0.717, 1.165) is 11.8 Å². The van der Waals surface area contributed by atoms with Crippen molar-refractivity contribution in [1.82, 2.24) is 0 Å². The second-order valence-corrected chi connectivity index (χ2v) is 3.57. The molecule has 0 heterocycles. The summed E-state index contributed by atoms with van der Waals surface area (Å²) in [5.74, 6) is -0.361. The predicted octanol–water partition coefficient (Wildman–Crippen LogP) is 3.44. The average molecular weight is 257 g/mol. The van der Waals surface area contributed by atoms with Crippen molar-refractivity contribution in [2.24, 2.45) is 0 Å². The molecule has 14 heavy (non-hydrogen) atoms. The zero-order valence-corrected chi connectivity index (χ0v) is 9.13. The Balaban J connectivity index is 2.83. The topological polar surface area (TPSA) is 17.1 Å². The van der Waals surface area contributed by atoms with Gasteiger partial charge in [0.25, 0.3) is 0 Å². The van der Waals surface area contributed by atoms with E-state index in [9.17, 15) is 9.18 Å². The van der Waals surface area contributed by atoms with Gasteiger partial charge >= 0.3 is 0 Å². The maximum atomic E-state index is 13.2. The third-order valence-corrected chi connectivity index (χ3v) is 2.19. The first-order valence-electron chi connectivity index (χ1n) is 4.25. The van der Waals surface area contributed by atoms with Crippen LogP contribution in [0, 0.1) is 5.82 Å². The fourth-order valence-electron chi connectivity index (χ4n) is 1.03. The summed E-state index contributed by atoms with van der Waals surface area (Å²) in [6, 6.07) is 4.44. The lowest BCUT2D eigenvalue weighted by molar-refractivity contribution is 0.112. The van der Waals surface area contributed by atoms with Crippen molar-refractivity contribution >= 4 is 28.3 Å². The van der Waals surface area contributed by atoms with E-state index in [-0.39, 0.29) is 5.82 Å². The standard InChI is InChI=1S/C11H10BrFO/c12-6-2-1-3-10-5-4-9(8-14)7-11(10)13/h1,3-5,7-8H,2,6H2. The van der Waals surface area contributed by atoms with E-state index < -0.39 is 0 Å². The Kier molecular flexibility index (Phi) is 4.53. The van der Waals surface area contributed by atoms with Gasteiger partial charge in [-0.3, -0.25) is 4.79 Å². The van der Waals surface area contributed by atoms with Crippen molar-refractivity contribution in [2.75, 3.05) is 5.33 Å². The van der Waals surface area contributed by atoms with Gasteiger partial charge in [-0.15, -0.1) is 0 Å². The van der Waals surface area contributed by atoms with Crippen LogP contribution in [-0.2, 0) is 0 Å². The highest BCUT2D eigenvalue weighted by atomic mass is 79.9. The first-order valence-corrected chi connectivity index (χ1v) is 5.37. The van der Waals surface area contributed by atoms with Crippen LogP contribution in [0.2, 0.25) is 0 Å². The molecule has 0 radical (unpaired) electrons. The molecule has 0 unspecified atom stereocenters. The number of halogens is 2. The lowest BCUT2D eigenvalue weighted by atomic mass is 10.1. The molecule has 0 aromatic heterocycles. The summed E-state index contributed by atoms with van der Waals surface area (Å²) < 4.78 is 13.2. The molecule has 0 bridgehead atoms. The van der Waals surface area contributed by atoms with Crippen molar-refractivity contribution in [2.45, 2.75) is 6.42 Å². The van der Waals surface area contributed by atoms with Crippen molar-refractivity contribution in [3.8, 4) is 0 Å². The third kappa shape index (κ3) is 3.07. The smallest absolute Gasteiger partial charge is 0.150 e. The number of aldehydes is 1. The highest BCUT2D eigenvalue weighted by Gasteiger charge is 1.99. The highest BCUT2D eigenvalue weighted by molar-refractivity contribution is 9.09. The van der Waals surface area contributed by atoms with E-state index in [1.165, 1.54) is 6.07 Å². The van der Waals surface area contributed by atoms with E-state index in [4.69, 9.17) is 0 Å². The fraction of sp³-hybridized carbons (Fsp3) is 0.182. The SMILES string of the molecule is O=Cc1ccc(C=CCCBr)c(F)c1. The molecule has 0 spiro atoms. The van der Waals surface area contributed by atoms with Crippen LogP contribution in [0.5, 0.6) is 0 Å². The molecule has 1 aromatic rings. The predicted molar refractivity (Wildman–Crippen MR) is 59.2 cm³/mol. The van der Waals surface area contributed by atoms with Gasteiger partial charge in [-0.2, -0.15) is 0 Å². The monoisotopic (exact) mass is 256 g/mol. The van der Waals surface area contributed by atoms with Crippen LogP contribution in [0.15, 0.2) is 24.3 Å². The minimum atomic E-state index is -0.361. The number of hydrogen-bond acceptors (Lipinski definition) is 1. The molecule has 3 heteroatoms. The van der Waals surface area contributed by atoms with Crippen LogP contribution >= 0.6 is 15.9 Å². The summed E-state index contributed by atoms with van der Waals surface area (Å²) in [5, 5.41) is 0.859. The molecular formula is C11H10BrFO. The van der Waals surface area contributed by atoms with Crippen molar-refractivity contribution in [1.29, 1.82) is 0 Å². The van der Waals surface area contributed by atoms with E-state index in [2.05, 4.69) is 15.9 Å². The summed E-state index contributed by atoms with van der Waals surface area (Å²) in [6.07, 6.45) is 5.09. The molecule has 1 rings (SSSR count). The number of alkyl halides is 1. The van der Waals surface area contributed by atoms with Gasteiger partial charge in [-0.25, -0.2) is 4.39 Å². The van der Waals surface area contributed by atoms with Gasteiger partial charge in [0.15, 0.2) is 0 Å². The number of allylic oxidation sites excluding steroid dienone is 1. The fourth-order valence-corrected chi connectivity index (χ4v) is 1.29. The maximum Gasteiger partial charge on any atom is 0.150 e. The Morgan fingerprint density at radius 3 is 2.79 bits per heavy atom. The van der Waals surface area contributed by atoms with Gasteiger partial charge in [0.2, 0.25) is 0 Å². The molecule has 0 fully saturated rings. The number of benzene rings is 1. The number of hydrogen-bond donors (Lipinski definition) is 0. The highest BCUT2D eigenvalue weighted by Crippen LogP contribution is 2.11. The molecule has 0 atom stereocenters. The first kappa shape index (κ1) is 11.1. The van der Waals surface area contributed by atoms with Crippen LogP contribution in [-0.4, -0.2) is 11.6 Å². The van der Waals surface area contributed by atoms with Gasteiger partial charge in [-0.05, 0) is 12.5 Å². The normalized spacial score (nSPS) is 10.7. The van der Waals surface area contributed by atoms with Crippen molar-refractivity contribution < 1.29 is 9.18 Å². The molecule has 74 valence electrons. The van der Waals surface area contributed by atoms with E-state index in [0.29, 0.717) is 17.4 Å². The Morgan fingerprint density at radius 1 is 1.43 bits per heavy atom. The largest absolute Gasteiger partial charge is 0.298 e. The Labute approximate surface area is 90.8 Å². The van der Waals surface area contributed by atoms with E-state index >= 15 is 0 Å². The molecular weight excluding hydrogens is 247 g/mol. The molecule has 0 saturated carbocycles. The van der Waals surface area contributed by atoms with Gasteiger partial charge in [0, 0.05) is 16.5 Å². The molecule has 0 aliphatic carbocycles. The van der Waals surface area contributed by atoms with Gasteiger partial charge < -0.3 is 0 Å². The van der Waals surface area contributed by atoms with Crippen molar-refractivity contribution in [3.05, 3.63) is 41.2 Å². The Hall–Kier alpha value is -0.960. The second kappa shape index (κ2) is 5.70. The van der Waals surface area contributed by atoms with Crippen LogP contribution in [0.4, 0.5) is 4.39 Å². The summed E-state index contributed by atoms with van der Waals surface area (Å²) in [4.78, 5) is 10.3. The lowest BCUT2D eigenvalue weighted by Gasteiger charge is -1.97. The molecule has 0 aliphatic rings.